The largest absolute Gasteiger partial charge is 0.378 e. The number of aromatic amines is 1. The zero-order valence-corrected chi connectivity index (χ0v) is 8.10. The van der Waals surface area contributed by atoms with Crippen molar-refractivity contribution in [2.45, 2.75) is 0 Å². The third-order valence-corrected chi connectivity index (χ3v) is 1.99. The molecule has 2 aromatic rings. The average molecular weight is 189 g/mol. The van der Waals surface area contributed by atoms with Gasteiger partial charge < -0.3 is 4.90 Å². The monoisotopic (exact) mass is 189 g/mol. The highest BCUT2D eigenvalue weighted by Gasteiger charge is 2.02. The molecule has 1 heterocycles. The Balaban J connectivity index is 2.31. The van der Waals surface area contributed by atoms with Crippen molar-refractivity contribution < 1.29 is 0 Å². The normalized spacial score (nSPS) is 10.1. The van der Waals surface area contributed by atoms with Gasteiger partial charge in [0.25, 0.3) is 0 Å². The van der Waals surface area contributed by atoms with Crippen LogP contribution >= 0.6 is 0 Å². The maximum atomic E-state index is 3.90. The molecule has 1 N–H and O–H groups in total. The molecular weight excluding hydrogens is 178 g/mol. The van der Waals surface area contributed by atoms with Crippen LogP contribution in [0.1, 0.15) is 0 Å². The Bertz CT molecular complexity index is 390. The van der Waals surface area contributed by atoms with E-state index in [4.69, 9.17) is 0 Å². The molecule has 0 amide bonds. The smallest absolute Gasteiger partial charge is 0.204 e. The Morgan fingerprint density at radius 2 is 1.86 bits per heavy atom. The van der Waals surface area contributed by atoms with Crippen molar-refractivity contribution in [2.24, 2.45) is 0 Å². The Morgan fingerprint density at radius 1 is 1.14 bits per heavy atom. The van der Waals surface area contributed by atoms with Gasteiger partial charge in [-0.15, -0.1) is 10.2 Å². The number of hydrogen-bond donors (Lipinski definition) is 1. The fourth-order valence-electron chi connectivity index (χ4n) is 1.19. The molecule has 0 unspecified atom stereocenters. The lowest BCUT2D eigenvalue weighted by atomic mass is 10.2. The van der Waals surface area contributed by atoms with Crippen molar-refractivity contribution in [1.82, 2.24) is 20.6 Å². The fourth-order valence-corrected chi connectivity index (χ4v) is 1.19. The molecule has 2 rings (SSSR count). The van der Waals surface area contributed by atoms with E-state index in [1.54, 1.807) is 0 Å². The van der Waals surface area contributed by atoms with Crippen LogP contribution in [0.3, 0.4) is 0 Å². The SMILES string of the molecule is CN(C)c1ccc(-c2nn[nH]n2)cc1. The lowest BCUT2D eigenvalue weighted by Gasteiger charge is -2.11. The molecule has 14 heavy (non-hydrogen) atoms. The molecule has 0 atom stereocenters. The van der Waals surface area contributed by atoms with Crippen LogP contribution in [-0.2, 0) is 0 Å². The second kappa shape index (κ2) is 3.45. The van der Waals surface area contributed by atoms with Gasteiger partial charge in [0.2, 0.25) is 5.82 Å². The first-order valence-corrected chi connectivity index (χ1v) is 4.28. The zero-order valence-electron chi connectivity index (χ0n) is 8.10. The molecule has 0 aliphatic carbocycles. The average Bonchev–Trinajstić information content (AvgIpc) is 2.71. The Hall–Kier alpha value is -1.91. The van der Waals surface area contributed by atoms with E-state index in [0.29, 0.717) is 5.82 Å². The van der Waals surface area contributed by atoms with Crippen LogP contribution in [0, 0.1) is 0 Å². The van der Waals surface area contributed by atoms with E-state index in [0.717, 1.165) is 11.3 Å². The first-order valence-electron chi connectivity index (χ1n) is 4.28. The highest BCUT2D eigenvalue weighted by Crippen LogP contribution is 2.17. The minimum atomic E-state index is 0.621. The number of nitrogens with one attached hydrogen (secondary N) is 1. The molecule has 1 aromatic heterocycles. The van der Waals surface area contributed by atoms with Crippen molar-refractivity contribution in [3.8, 4) is 11.4 Å². The van der Waals surface area contributed by atoms with Crippen LogP contribution in [0.25, 0.3) is 11.4 Å². The van der Waals surface area contributed by atoms with Gasteiger partial charge in [-0.05, 0) is 29.5 Å². The van der Waals surface area contributed by atoms with Crippen LogP contribution in [0.15, 0.2) is 24.3 Å². The summed E-state index contributed by atoms with van der Waals surface area (Å²) in [6, 6.07) is 7.98. The minimum absolute atomic E-state index is 0.621. The Kier molecular flexibility index (Phi) is 2.14. The standard InChI is InChI=1S/C9H11N5/c1-14(2)8-5-3-7(4-6-8)9-10-12-13-11-9/h3-6H,1-2H3,(H,10,11,12,13). The molecule has 0 aliphatic rings. The van der Waals surface area contributed by atoms with E-state index >= 15 is 0 Å². The maximum Gasteiger partial charge on any atom is 0.204 e. The van der Waals surface area contributed by atoms with Gasteiger partial charge in [-0.1, -0.05) is 0 Å². The summed E-state index contributed by atoms with van der Waals surface area (Å²) in [7, 11) is 4.01. The number of anilines is 1. The van der Waals surface area contributed by atoms with Gasteiger partial charge in [-0.2, -0.15) is 5.21 Å². The van der Waals surface area contributed by atoms with Gasteiger partial charge in [0.1, 0.15) is 0 Å². The summed E-state index contributed by atoms with van der Waals surface area (Å²) in [4.78, 5) is 2.04. The number of rotatable bonds is 2. The lowest BCUT2D eigenvalue weighted by molar-refractivity contribution is 0.881. The summed E-state index contributed by atoms with van der Waals surface area (Å²) in [6.07, 6.45) is 0. The third-order valence-electron chi connectivity index (χ3n) is 1.99. The minimum Gasteiger partial charge on any atom is -0.378 e. The Morgan fingerprint density at radius 3 is 2.36 bits per heavy atom. The molecule has 1 aromatic carbocycles. The van der Waals surface area contributed by atoms with Crippen LogP contribution in [0.5, 0.6) is 0 Å². The number of hydrogen-bond acceptors (Lipinski definition) is 4. The predicted octanol–water partition coefficient (Wildman–Crippen LogP) is 0.933. The summed E-state index contributed by atoms with van der Waals surface area (Å²) in [5.41, 5.74) is 2.11. The van der Waals surface area contributed by atoms with Gasteiger partial charge >= 0.3 is 0 Å². The van der Waals surface area contributed by atoms with E-state index in [9.17, 15) is 0 Å². The fraction of sp³-hybridized carbons (Fsp3) is 0.222. The Labute approximate surface area is 81.8 Å². The van der Waals surface area contributed by atoms with Gasteiger partial charge in [0.05, 0.1) is 0 Å². The van der Waals surface area contributed by atoms with Gasteiger partial charge in [-0.25, -0.2) is 0 Å². The second-order valence-corrected chi connectivity index (χ2v) is 3.18. The predicted molar refractivity (Wildman–Crippen MR) is 53.9 cm³/mol. The van der Waals surface area contributed by atoms with E-state index in [1.807, 2.05) is 43.3 Å². The van der Waals surface area contributed by atoms with Crippen molar-refractivity contribution in [2.75, 3.05) is 19.0 Å². The molecule has 0 spiro atoms. The quantitative estimate of drug-likeness (QED) is 0.763. The van der Waals surface area contributed by atoms with E-state index in [2.05, 4.69) is 20.6 Å². The number of nitrogens with zero attached hydrogens (tertiary/aromatic N) is 4. The number of H-pyrrole nitrogens is 1. The number of aromatic nitrogens is 4. The van der Waals surface area contributed by atoms with Crippen LogP contribution in [-0.4, -0.2) is 34.7 Å². The van der Waals surface area contributed by atoms with Gasteiger partial charge in [-0.3, -0.25) is 0 Å². The number of benzene rings is 1. The molecule has 0 fully saturated rings. The van der Waals surface area contributed by atoms with E-state index in [1.165, 1.54) is 0 Å². The van der Waals surface area contributed by atoms with Crippen molar-refractivity contribution in [3.05, 3.63) is 24.3 Å². The van der Waals surface area contributed by atoms with Gasteiger partial charge in [0, 0.05) is 25.3 Å². The van der Waals surface area contributed by atoms with E-state index < -0.39 is 0 Å². The molecular formula is C9H11N5. The molecule has 72 valence electrons. The van der Waals surface area contributed by atoms with E-state index in [-0.39, 0.29) is 0 Å². The molecule has 0 saturated carbocycles. The second-order valence-electron chi connectivity index (χ2n) is 3.18. The van der Waals surface area contributed by atoms with Crippen molar-refractivity contribution >= 4 is 5.69 Å². The summed E-state index contributed by atoms with van der Waals surface area (Å²) in [5, 5.41) is 13.7. The lowest BCUT2D eigenvalue weighted by Crippen LogP contribution is -2.07. The maximum absolute atomic E-state index is 3.90. The highest BCUT2D eigenvalue weighted by atomic mass is 15.5. The van der Waals surface area contributed by atoms with Crippen LogP contribution < -0.4 is 4.90 Å². The molecule has 0 aliphatic heterocycles. The molecule has 0 saturated heterocycles. The third kappa shape index (κ3) is 1.56. The number of tetrazole rings is 1. The van der Waals surface area contributed by atoms with Crippen molar-refractivity contribution in [3.63, 3.8) is 0 Å². The zero-order chi connectivity index (χ0) is 9.97. The summed E-state index contributed by atoms with van der Waals surface area (Å²) < 4.78 is 0. The molecule has 5 heteroatoms. The first-order chi connectivity index (χ1) is 6.77. The highest BCUT2D eigenvalue weighted by molar-refractivity contribution is 5.59. The summed E-state index contributed by atoms with van der Waals surface area (Å²) in [5.74, 6) is 0.621. The van der Waals surface area contributed by atoms with Crippen LogP contribution in [0.4, 0.5) is 5.69 Å². The molecule has 0 radical (unpaired) electrons. The molecule has 0 bridgehead atoms. The first kappa shape index (κ1) is 8.68. The summed E-state index contributed by atoms with van der Waals surface area (Å²) >= 11 is 0. The van der Waals surface area contributed by atoms with Crippen molar-refractivity contribution in [1.29, 1.82) is 0 Å². The van der Waals surface area contributed by atoms with Gasteiger partial charge in [0.15, 0.2) is 0 Å². The van der Waals surface area contributed by atoms with Crippen LogP contribution in [0.2, 0.25) is 0 Å². The summed E-state index contributed by atoms with van der Waals surface area (Å²) in [6.45, 7) is 0. The molecule has 5 nitrogen and oxygen atoms in total. The topological polar surface area (TPSA) is 57.7 Å².